The van der Waals surface area contributed by atoms with Crippen molar-refractivity contribution in [2.75, 3.05) is 9.80 Å². The number of hydrogen-bond acceptors (Lipinski definition) is 2. The van der Waals surface area contributed by atoms with Crippen LogP contribution in [0, 0.1) is 27.7 Å². The minimum atomic E-state index is 1.11. The molecule has 15 rings (SSSR count). The quantitative estimate of drug-likeness (QED) is 0.151. The van der Waals surface area contributed by atoms with Crippen LogP contribution < -0.4 is 9.80 Å². The lowest BCUT2D eigenvalue weighted by Gasteiger charge is -2.27. The van der Waals surface area contributed by atoms with E-state index in [1.165, 1.54) is 132 Å². The smallest absolute Gasteiger partial charge is 0.0634 e. The highest BCUT2D eigenvalue weighted by molar-refractivity contribution is 6.38. The van der Waals surface area contributed by atoms with Gasteiger partial charge in [0.05, 0.1) is 33.1 Å². The van der Waals surface area contributed by atoms with Gasteiger partial charge in [0.1, 0.15) is 0 Å². The van der Waals surface area contributed by atoms with E-state index in [2.05, 4.69) is 277 Å². The van der Waals surface area contributed by atoms with Crippen LogP contribution in [0.1, 0.15) is 22.3 Å². The van der Waals surface area contributed by atoms with E-state index < -0.39 is 0 Å². The van der Waals surface area contributed by atoms with Gasteiger partial charge in [-0.15, -0.1) is 0 Å². The third-order valence-electron chi connectivity index (χ3n) is 15.8. The zero-order chi connectivity index (χ0) is 49.3. The van der Waals surface area contributed by atoms with Crippen LogP contribution >= 0.6 is 0 Å². The molecule has 0 saturated carbocycles. The molecule has 0 spiro atoms. The molecule has 11 aromatic carbocycles. The van der Waals surface area contributed by atoms with Crippen molar-refractivity contribution in [3.05, 3.63) is 253 Å². The predicted molar refractivity (Wildman–Crippen MR) is 315 cm³/mol. The molecule has 0 N–H and O–H groups in total. The molecule has 0 aliphatic heterocycles. The maximum atomic E-state index is 2.63. The lowest BCUT2D eigenvalue weighted by molar-refractivity contribution is 1.24. The van der Waals surface area contributed by atoms with Crippen molar-refractivity contribution in [3.8, 4) is 22.3 Å². The number of aryl methyl sites for hydroxylation is 4. The normalized spacial score (nSPS) is 12.1. The molecule has 350 valence electrons. The third kappa shape index (κ3) is 6.03. The molecule has 0 bridgehead atoms. The average Bonchev–Trinajstić information content (AvgIpc) is 4.25. The second kappa shape index (κ2) is 16.1. The number of hydrogen-bond donors (Lipinski definition) is 0. The van der Waals surface area contributed by atoms with Gasteiger partial charge in [-0.25, -0.2) is 0 Å². The fourth-order valence-corrected chi connectivity index (χ4v) is 12.8. The molecule has 15 aromatic rings. The standard InChI is InChI=1S/C70H50N4/c1-43-31-37-59(45(3)39-43)71(49-23-13-7-14-24-49)51-33-35-53-55-27-17-29-57-65-64(48-21-11-6-12-22-48)70-66(63(47-19-9-5-10-20-47)69(65)73(67(55)57)61(53)41-51)58-30-18-28-56-54-36-34-52(42-62(54)74(70)68(56)58)72(50-25-15-8-16-26-50)60-38-32-44(2)40-46(60)4/h5-42H,1-4H3. The largest absolute Gasteiger partial charge is 0.310 e. The molecule has 0 atom stereocenters. The van der Waals surface area contributed by atoms with Crippen molar-refractivity contribution < 1.29 is 0 Å². The Morgan fingerprint density at radius 1 is 0.284 bits per heavy atom. The van der Waals surface area contributed by atoms with Crippen molar-refractivity contribution in [2.45, 2.75) is 27.7 Å². The van der Waals surface area contributed by atoms with Crippen LogP contribution in [0.25, 0.3) is 98.4 Å². The monoisotopic (exact) mass is 946 g/mol. The topological polar surface area (TPSA) is 15.3 Å². The first-order chi connectivity index (χ1) is 36.4. The minimum Gasteiger partial charge on any atom is -0.310 e. The second-order valence-electron chi connectivity index (χ2n) is 20.3. The zero-order valence-corrected chi connectivity index (χ0v) is 41.7. The molecule has 0 amide bonds. The third-order valence-corrected chi connectivity index (χ3v) is 15.8. The maximum Gasteiger partial charge on any atom is 0.0634 e. The van der Waals surface area contributed by atoms with E-state index in [-0.39, 0.29) is 0 Å². The van der Waals surface area contributed by atoms with Gasteiger partial charge in [0.2, 0.25) is 0 Å². The summed E-state index contributed by atoms with van der Waals surface area (Å²) in [6, 6.07) is 85.8. The Hall–Kier alpha value is -9.38. The molecule has 0 aliphatic rings. The summed E-state index contributed by atoms with van der Waals surface area (Å²) in [6.07, 6.45) is 0. The SMILES string of the molecule is Cc1ccc(N(c2ccccc2)c2ccc3c4cccc5c6c(-c7ccccc7)c7c(c(-c8ccccc8)c6n(c3c2)c45)c2cccc3c4ccc(N(c5ccccc5)c5ccc(C)cc5C)cc4n7c32)c(C)c1. The van der Waals surface area contributed by atoms with Gasteiger partial charge in [-0.2, -0.15) is 0 Å². The Morgan fingerprint density at radius 3 is 1.05 bits per heavy atom. The van der Waals surface area contributed by atoms with Gasteiger partial charge in [-0.1, -0.05) is 181 Å². The molecule has 4 nitrogen and oxygen atoms in total. The van der Waals surface area contributed by atoms with E-state index in [0.29, 0.717) is 0 Å². The summed E-state index contributed by atoms with van der Waals surface area (Å²) in [7, 11) is 0. The highest BCUT2D eigenvalue weighted by Gasteiger charge is 2.31. The molecule has 4 heteroatoms. The zero-order valence-electron chi connectivity index (χ0n) is 41.7. The van der Waals surface area contributed by atoms with Crippen LogP contribution in [0.2, 0.25) is 0 Å². The Kier molecular flexibility index (Phi) is 9.19. The van der Waals surface area contributed by atoms with E-state index in [0.717, 1.165) is 22.7 Å². The summed E-state index contributed by atoms with van der Waals surface area (Å²) >= 11 is 0. The van der Waals surface area contributed by atoms with Crippen LogP contribution in [-0.4, -0.2) is 8.80 Å². The number of nitrogens with zero attached hydrogens (tertiary/aromatic N) is 4. The molecule has 0 fully saturated rings. The first kappa shape index (κ1) is 42.3. The summed E-state index contributed by atoms with van der Waals surface area (Å²) in [6.45, 7) is 8.81. The van der Waals surface area contributed by atoms with E-state index >= 15 is 0 Å². The van der Waals surface area contributed by atoms with Crippen molar-refractivity contribution in [1.82, 2.24) is 8.80 Å². The molecule has 0 radical (unpaired) electrons. The molecule has 4 aromatic heterocycles. The fraction of sp³-hybridized carbons (Fsp3) is 0.0571. The van der Waals surface area contributed by atoms with Crippen LogP contribution in [-0.2, 0) is 0 Å². The van der Waals surface area contributed by atoms with Crippen molar-refractivity contribution >= 4 is 110 Å². The van der Waals surface area contributed by atoms with Gasteiger partial charge in [0.25, 0.3) is 0 Å². The molecule has 0 aliphatic carbocycles. The fourth-order valence-electron chi connectivity index (χ4n) is 12.8. The van der Waals surface area contributed by atoms with Gasteiger partial charge < -0.3 is 18.6 Å². The lowest BCUT2D eigenvalue weighted by Crippen LogP contribution is -2.11. The molecule has 4 heterocycles. The summed E-state index contributed by atoms with van der Waals surface area (Å²) in [5.74, 6) is 0. The van der Waals surface area contributed by atoms with Crippen molar-refractivity contribution in [1.29, 1.82) is 0 Å². The molecular formula is C70H50N4. The highest BCUT2D eigenvalue weighted by Crippen LogP contribution is 2.55. The predicted octanol–water partition coefficient (Wildman–Crippen LogP) is 19.5. The van der Waals surface area contributed by atoms with Crippen LogP contribution in [0.15, 0.2) is 231 Å². The molecule has 0 unspecified atom stereocenters. The van der Waals surface area contributed by atoms with Crippen LogP contribution in [0.5, 0.6) is 0 Å². The minimum absolute atomic E-state index is 1.11. The van der Waals surface area contributed by atoms with Crippen LogP contribution in [0.3, 0.4) is 0 Å². The first-order valence-electron chi connectivity index (χ1n) is 25.8. The average molecular weight is 947 g/mol. The highest BCUT2D eigenvalue weighted by atomic mass is 15.2. The summed E-state index contributed by atoms with van der Waals surface area (Å²) < 4.78 is 5.26. The first-order valence-corrected chi connectivity index (χ1v) is 25.8. The summed E-state index contributed by atoms with van der Waals surface area (Å²) in [5.41, 5.74) is 24.0. The Morgan fingerprint density at radius 2 is 0.662 bits per heavy atom. The lowest BCUT2D eigenvalue weighted by atomic mass is 9.89. The van der Waals surface area contributed by atoms with Crippen molar-refractivity contribution in [3.63, 3.8) is 0 Å². The van der Waals surface area contributed by atoms with Crippen molar-refractivity contribution in [2.24, 2.45) is 0 Å². The van der Waals surface area contributed by atoms with E-state index in [9.17, 15) is 0 Å². The van der Waals surface area contributed by atoms with E-state index in [1.807, 2.05) is 0 Å². The number of fused-ring (bicyclic) bond motifs is 12. The van der Waals surface area contributed by atoms with Crippen LogP contribution in [0.4, 0.5) is 34.1 Å². The summed E-state index contributed by atoms with van der Waals surface area (Å²) in [4.78, 5) is 4.86. The number of aromatic nitrogens is 2. The maximum absolute atomic E-state index is 2.63. The Labute approximate surface area is 429 Å². The Bertz CT molecular complexity index is 4380. The molecular weight excluding hydrogens is 897 g/mol. The molecule has 74 heavy (non-hydrogen) atoms. The van der Waals surface area contributed by atoms with Gasteiger partial charge in [-0.3, -0.25) is 0 Å². The number of benzene rings is 11. The number of anilines is 6. The number of para-hydroxylation sites is 4. The van der Waals surface area contributed by atoms with E-state index in [1.54, 1.807) is 0 Å². The molecule has 0 saturated heterocycles. The summed E-state index contributed by atoms with van der Waals surface area (Å²) in [5, 5.41) is 10.0. The Balaban J connectivity index is 1.13. The van der Waals surface area contributed by atoms with Gasteiger partial charge >= 0.3 is 0 Å². The second-order valence-corrected chi connectivity index (χ2v) is 20.3. The van der Waals surface area contributed by atoms with E-state index in [4.69, 9.17) is 0 Å². The van der Waals surface area contributed by atoms with Gasteiger partial charge in [-0.05, 0) is 111 Å². The van der Waals surface area contributed by atoms with Gasteiger partial charge in [0, 0.05) is 88.3 Å². The number of rotatable bonds is 8. The van der Waals surface area contributed by atoms with Gasteiger partial charge in [0.15, 0.2) is 0 Å².